The number of anilines is 2. The quantitative estimate of drug-likeness (QED) is 0.214. The number of fused-ring (bicyclic) bond motifs is 1. The second kappa shape index (κ2) is 12.1. The summed E-state index contributed by atoms with van der Waals surface area (Å²) in [7, 11) is 0. The zero-order valence-corrected chi connectivity index (χ0v) is 24.0. The minimum Gasteiger partial charge on any atom is -0.465 e. The molecule has 0 saturated carbocycles. The molecule has 0 aliphatic carbocycles. The summed E-state index contributed by atoms with van der Waals surface area (Å²) in [6, 6.07) is 6.86. The number of carbonyl (C=O) groups excluding carboxylic acids is 3. The van der Waals surface area contributed by atoms with Crippen LogP contribution in [0.2, 0.25) is 0 Å². The third-order valence-electron chi connectivity index (χ3n) is 8.76. The van der Waals surface area contributed by atoms with Gasteiger partial charge in [-0.05, 0) is 70.7 Å². The summed E-state index contributed by atoms with van der Waals surface area (Å²) in [5, 5.41) is 9.59. The van der Waals surface area contributed by atoms with Crippen molar-refractivity contribution in [2.45, 2.75) is 63.7 Å². The van der Waals surface area contributed by atoms with Gasteiger partial charge in [0, 0.05) is 44.2 Å². The van der Waals surface area contributed by atoms with E-state index in [2.05, 4.69) is 31.9 Å². The second-order valence-corrected chi connectivity index (χ2v) is 11.0. The van der Waals surface area contributed by atoms with Gasteiger partial charge in [-0.2, -0.15) is 0 Å². The van der Waals surface area contributed by atoms with Crippen LogP contribution in [0.4, 0.5) is 11.4 Å². The van der Waals surface area contributed by atoms with Crippen LogP contribution in [0, 0.1) is 11.8 Å². The summed E-state index contributed by atoms with van der Waals surface area (Å²) >= 11 is 0. The molecule has 9 heteroatoms. The molecule has 3 aliphatic heterocycles. The van der Waals surface area contributed by atoms with Gasteiger partial charge in [0.2, 0.25) is 5.91 Å². The zero-order chi connectivity index (χ0) is 29.1. The fourth-order valence-electron chi connectivity index (χ4n) is 6.91. The molecule has 0 aromatic heterocycles. The number of esters is 1. The van der Waals surface area contributed by atoms with E-state index >= 15 is 0 Å². The van der Waals surface area contributed by atoms with Gasteiger partial charge in [-0.3, -0.25) is 14.4 Å². The molecule has 1 aromatic rings. The lowest BCUT2D eigenvalue weighted by atomic mass is 9.66. The highest BCUT2D eigenvalue weighted by Gasteiger charge is 2.78. The molecule has 0 radical (unpaired) electrons. The molecule has 2 bridgehead atoms. The van der Waals surface area contributed by atoms with E-state index in [1.807, 2.05) is 31.2 Å². The summed E-state index contributed by atoms with van der Waals surface area (Å²) in [5.74, 6) is -2.69. The number of hydrogen-bond acceptors (Lipinski definition) is 7. The molecule has 1 spiro atoms. The maximum absolute atomic E-state index is 14.5. The summed E-state index contributed by atoms with van der Waals surface area (Å²) < 4.78 is 12.2. The Labute approximate surface area is 237 Å². The average Bonchev–Trinajstić information content (AvgIpc) is 3.52. The molecule has 3 heterocycles. The summed E-state index contributed by atoms with van der Waals surface area (Å²) in [6.45, 7) is 15.8. The standard InChI is InChI=1S/C31H43N3O6/c1-6-10-21-39-29(38)25-24-27(36)34(19-11-20-35)26(31(24)17-16-30(25,5)40-31)28(37)33(18-7-2)23-14-12-22(13-15-23)32(8-3)9-4/h6-7,12-15,24-26,35H,1-2,8-11,16-21H2,3-5H3/t24-,25+,26?,30-,31?/m0/s1. The highest BCUT2D eigenvalue weighted by atomic mass is 16.6. The first-order valence-electron chi connectivity index (χ1n) is 14.4. The Hall–Kier alpha value is -3.17. The van der Waals surface area contributed by atoms with Crippen molar-refractivity contribution in [3.8, 4) is 0 Å². The van der Waals surface area contributed by atoms with E-state index in [0.717, 1.165) is 18.8 Å². The highest BCUT2D eigenvalue weighted by Crippen LogP contribution is 2.63. The van der Waals surface area contributed by atoms with Crippen molar-refractivity contribution in [1.29, 1.82) is 0 Å². The third-order valence-corrected chi connectivity index (χ3v) is 8.76. The lowest BCUT2D eigenvalue weighted by molar-refractivity contribution is -0.159. The Bertz CT molecular complexity index is 1120. The van der Waals surface area contributed by atoms with Gasteiger partial charge < -0.3 is 29.3 Å². The molecule has 5 atom stereocenters. The molecule has 2 amide bonds. The van der Waals surface area contributed by atoms with Crippen LogP contribution in [-0.4, -0.2) is 84.4 Å². The van der Waals surface area contributed by atoms with E-state index in [1.165, 1.54) is 4.90 Å². The molecule has 4 rings (SSSR count). The molecule has 1 aromatic carbocycles. The smallest absolute Gasteiger partial charge is 0.312 e. The fraction of sp³-hybridized carbons (Fsp3) is 0.581. The molecule has 3 aliphatic rings. The Morgan fingerprint density at radius 2 is 1.82 bits per heavy atom. The summed E-state index contributed by atoms with van der Waals surface area (Å²) in [4.78, 5) is 47.2. The topological polar surface area (TPSA) is 99.6 Å². The van der Waals surface area contributed by atoms with Gasteiger partial charge in [0.25, 0.3) is 5.91 Å². The Balaban J connectivity index is 1.72. The number of aliphatic hydroxyl groups excluding tert-OH is 1. The van der Waals surface area contributed by atoms with Crippen LogP contribution < -0.4 is 9.80 Å². The van der Waals surface area contributed by atoms with Crippen molar-refractivity contribution in [2.75, 3.05) is 49.2 Å². The van der Waals surface area contributed by atoms with Crippen LogP contribution in [0.1, 0.15) is 46.5 Å². The number of carbonyl (C=O) groups is 3. The van der Waals surface area contributed by atoms with Crippen molar-refractivity contribution >= 4 is 29.2 Å². The van der Waals surface area contributed by atoms with E-state index < -0.39 is 35.0 Å². The minimum atomic E-state index is -1.15. The Morgan fingerprint density at radius 3 is 2.42 bits per heavy atom. The first-order valence-corrected chi connectivity index (χ1v) is 14.4. The lowest BCUT2D eigenvalue weighted by Gasteiger charge is -2.37. The van der Waals surface area contributed by atoms with Crippen molar-refractivity contribution in [1.82, 2.24) is 4.90 Å². The van der Waals surface area contributed by atoms with E-state index in [0.29, 0.717) is 31.4 Å². The number of likely N-dealkylation sites (tertiary alicyclic amines) is 1. The van der Waals surface area contributed by atoms with Gasteiger partial charge in [0.15, 0.2) is 0 Å². The maximum Gasteiger partial charge on any atom is 0.312 e. The van der Waals surface area contributed by atoms with Gasteiger partial charge in [0.1, 0.15) is 17.6 Å². The van der Waals surface area contributed by atoms with Crippen LogP contribution in [0.25, 0.3) is 0 Å². The van der Waals surface area contributed by atoms with Crippen LogP contribution in [-0.2, 0) is 23.9 Å². The van der Waals surface area contributed by atoms with Gasteiger partial charge in [-0.15, -0.1) is 13.2 Å². The normalized spacial score (nSPS) is 28.4. The largest absolute Gasteiger partial charge is 0.465 e. The molecule has 9 nitrogen and oxygen atoms in total. The molecule has 3 fully saturated rings. The summed E-state index contributed by atoms with van der Waals surface area (Å²) in [5.41, 5.74) is -0.306. The van der Waals surface area contributed by atoms with Gasteiger partial charge in [-0.1, -0.05) is 12.2 Å². The summed E-state index contributed by atoms with van der Waals surface area (Å²) in [6.07, 6.45) is 5.16. The number of nitrogens with zero attached hydrogens (tertiary/aromatic N) is 3. The van der Waals surface area contributed by atoms with E-state index in [4.69, 9.17) is 9.47 Å². The van der Waals surface area contributed by atoms with Crippen molar-refractivity contribution < 1.29 is 29.0 Å². The van der Waals surface area contributed by atoms with Crippen molar-refractivity contribution in [3.05, 3.63) is 49.6 Å². The first kappa shape index (κ1) is 29.8. The monoisotopic (exact) mass is 553 g/mol. The Kier molecular flexibility index (Phi) is 9.05. The third kappa shape index (κ3) is 4.94. The van der Waals surface area contributed by atoms with Crippen molar-refractivity contribution in [2.24, 2.45) is 11.8 Å². The SMILES string of the molecule is C=CCCOC(=O)[C@H]1[C@H]2C(=O)N(CCCO)C(C(=O)N(CC=C)c3ccc(N(CC)CC)cc3)C23CC[C@]1(C)O3. The van der Waals surface area contributed by atoms with Crippen molar-refractivity contribution in [3.63, 3.8) is 0 Å². The predicted octanol–water partition coefficient (Wildman–Crippen LogP) is 3.32. The van der Waals surface area contributed by atoms with E-state index in [9.17, 15) is 19.5 Å². The predicted molar refractivity (Wildman–Crippen MR) is 154 cm³/mol. The lowest BCUT2D eigenvalue weighted by Crippen LogP contribution is -2.56. The van der Waals surface area contributed by atoms with Crippen LogP contribution in [0.3, 0.4) is 0 Å². The molecule has 1 N–H and O–H groups in total. The number of amides is 2. The average molecular weight is 554 g/mol. The molecule has 218 valence electrons. The van der Waals surface area contributed by atoms with E-state index in [1.54, 1.807) is 17.1 Å². The molecular weight excluding hydrogens is 510 g/mol. The first-order chi connectivity index (χ1) is 19.2. The highest BCUT2D eigenvalue weighted by molar-refractivity contribution is 6.05. The maximum atomic E-state index is 14.5. The number of ether oxygens (including phenoxy) is 2. The number of rotatable bonds is 14. The Morgan fingerprint density at radius 1 is 1.15 bits per heavy atom. The number of hydrogen-bond donors (Lipinski definition) is 1. The van der Waals surface area contributed by atoms with Crippen LogP contribution in [0.15, 0.2) is 49.6 Å². The van der Waals surface area contributed by atoms with Gasteiger partial charge >= 0.3 is 5.97 Å². The number of aliphatic hydroxyl groups is 1. The second-order valence-electron chi connectivity index (χ2n) is 11.0. The minimum absolute atomic E-state index is 0.128. The van der Waals surface area contributed by atoms with E-state index in [-0.39, 0.29) is 38.1 Å². The van der Waals surface area contributed by atoms with Crippen LogP contribution >= 0.6 is 0 Å². The molecule has 2 unspecified atom stereocenters. The fourth-order valence-corrected chi connectivity index (χ4v) is 6.91. The molecule has 40 heavy (non-hydrogen) atoms. The molecule has 3 saturated heterocycles. The zero-order valence-electron chi connectivity index (χ0n) is 24.0. The van der Waals surface area contributed by atoms with Crippen LogP contribution in [0.5, 0.6) is 0 Å². The van der Waals surface area contributed by atoms with Gasteiger partial charge in [-0.25, -0.2) is 0 Å². The molecular formula is C31H43N3O6. The van der Waals surface area contributed by atoms with Gasteiger partial charge in [0.05, 0.1) is 18.1 Å². The number of benzene rings is 1.